The fourth-order valence-electron chi connectivity index (χ4n) is 4.15. The first-order valence-electron chi connectivity index (χ1n) is 11.5. The predicted octanol–water partition coefficient (Wildman–Crippen LogP) is 6.70. The van der Waals surface area contributed by atoms with Gasteiger partial charge >= 0.3 is 5.97 Å². The molecule has 3 rings (SSSR count). The molecule has 0 aliphatic heterocycles. The molecular weight excluding hydrogens is 412 g/mol. The number of likely N-dealkylation sites (N-methyl/N-ethyl adjacent to an activating group) is 1. The van der Waals surface area contributed by atoms with E-state index in [9.17, 15) is 4.79 Å². The lowest BCUT2D eigenvalue weighted by atomic mass is 10.0. The maximum absolute atomic E-state index is 13.1. The maximum atomic E-state index is 13.1. The number of carbonyl (C=O) groups is 1. The zero-order valence-corrected chi connectivity index (χ0v) is 21.8. The number of rotatable bonds is 7. The number of aromatic nitrogens is 1. The molecule has 0 bridgehead atoms. The average Bonchev–Trinajstić information content (AvgIpc) is 3.17. The summed E-state index contributed by atoms with van der Waals surface area (Å²) in [6.07, 6.45) is 2.23. The number of hydrogen-bond donors (Lipinski definition) is 0. The van der Waals surface area contributed by atoms with E-state index in [1.165, 1.54) is 10.9 Å². The van der Waals surface area contributed by atoms with Crippen LogP contribution in [-0.2, 0) is 16.1 Å². The van der Waals surface area contributed by atoms with Gasteiger partial charge in [0.05, 0.1) is 0 Å². The Kier molecular flexibility index (Phi) is 6.89. The van der Waals surface area contributed by atoms with E-state index in [-0.39, 0.29) is 23.0 Å². The van der Waals surface area contributed by atoms with Gasteiger partial charge in [-0.05, 0) is 40.9 Å². The van der Waals surface area contributed by atoms with Crippen molar-refractivity contribution in [2.75, 3.05) is 11.9 Å². The third kappa shape index (κ3) is 4.63. The highest BCUT2D eigenvalue weighted by Gasteiger charge is 2.38. The summed E-state index contributed by atoms with van der Waals surface area (Å²) in [5.41, 5.74) is 3.30. The molecule has 32 heavy (non-hydrogen) atoms. The van der Waals surface area contributed by atoms with Crippen molar-refractivity contribution in [1.29, 1.82) is 0 Å². The molecule has 0 aliphatic rings. The fourth-order valence-corrected chi connectivity index (χ4v) is 6.12. The van der Waals surface area contributed by atoms with Crippen LogP contribution in [0.1, 0.15) is 40.2 Å². The molecule has 0 spiro atoms. The van der Waals surface area contributed by atoms with Crippen LogP contribution in [0, 0.1) is 5.92 Å². The number of anilines is 1. The predicted molar refractivity (Wildman–Crippen MR) is 138 cm³/mol. The summed E-state index contributed by atoms with van der Waals surface area (Å²) in [4.78, 5) is 15.2. The number of fused-ring (bicyclic) bond motifs is 1. The molecule has 1 aromatic heterocycles. The highest BCUT2D eigenvalue weighted by atomic mass is 28.3. The van der Waals surface area contributed by atoms with Gasteiger partial charge in [0.1, 0.15) is 12.6 Å². The van der Waals surface area contributed by atoms with Crippen molar-refractivity contribution < 1.29 is 9.53 Å². The summed E-state index contributed by atoms with van der Waals surface area (Å²) in [7, 11) is 0.241. The normalized spacial score (nSPS) is 13.4. The Labute approximate surface area is 194 Å². The van der Waals surface area contributed by atoms with Crippen LogP contribution in [0.3, 0.4) is 0 Å². The molecule has 0 saturated heterocycles. The summed E-state index contributed by atoms with van der Waals surface area (Å²) >= 11 is 0. The SMILES string of the molecule is CC(C)[C@@H](C(=O)OCc1ccccc1)N(C)c1cccc2c1ccn2[Si](C)(C)C(C)(C)C. The van der Waals surface area contributed by atoms with Gasteiger partial charge in [-0.15, -0.1) is 0 Å². The van der Waals surface area contributed by atoms with Gasteiger partial charge in [0.2, 0.25) is 0 Å². The highest BCUT2D eigenvalue weighted by molar-refractivity contribution is 6.79. The van der Waals surface area contributed by atoms with Gasteiger partial charge in [-0.1, -0.05) is 84.1 Å². The molecule has 1 atom stereocenters. The number of carbonyl (C=O) groups excluding carboxylic acids is 1. The van der Waals surface area contributed by atoms with Crippen molar-refractivity contribution in [3.05, 3.63) is 66.4 Å². The van der Waals surface area contributed by atoms with E-state index in [0.29, 0.717) is 6.61 Å². The second kappa shape index (κ2) is 9.14. The van der Waals surface area contributed by atoms with E-state index < -0.39 is 8.24 Å². The van der Waals surface area contributed by atoms with Gasteiger partial charge in [-0.3, -0.25) is 0 Å². The molecule has 4 nitrogen and oxygen atoms in total. The smallest absolute Gasteiger partial charge is 0.329 e. The minimum absolute atomic E-state index is 0.112. The lowest BCUT2D eigenvalue weighted by Crippen LogP contribution is -2.45. The zero-order chi connectivity index (χ0) is 23.7. The molecule has 172 valence electrons. The molecule has 0 amide bonds. The number of ether oxygens (including phenoxy) is 1. The van der Waals surface area contributed by atoms with E-state index in [1.807, 2.05) is 37.4 Å². The van der Waals surface area contributed by atoms with Crippen LogP contribution < -0.4 is 4.90 Å². The quantitative estimate of drug-likeness (QED) is 0.297. The third-order valence-corrected chi connectivity index (χ3v) is 12.3. The summed E-state index contributed by atoms with van der Waals surface area (Å²) < 4.78 is 8.23. The van der Waals surface area contributed by atoms with Gasteiger partial charge < -0.3 is 13.9 Å². The maximum Gasteiger partial charge on any atom is 0.329 e. The molecule has 1 heterocycles. The van der Waals surface area contributed by atoms with Crippen LogP contribution in [0.4, 0.5) is 5.69 Å². The molecule has 0 unspecified atom stereocenters. The monoisotopic (exact) mass is 450 g/mol. The Bertz CT molecular complexity index is 1060. The Morgan fingerprint density at radius 2 is 1.69 bits per heavy atom. The molecule has 3 aromatic rings. The number of benzene rings is 2. The molecule has 0 saturated carbocycles. The van der Waals surface area contributed by atoms with Gasteiger partial charge in [0.25, 0.3) is 0 Å². The molecule has 0 N–H and O–H groups in total. The van der Waals surface area contributed by atoms with E-state index in [0.717, 1.165) is 11.3 Å². The minimum Gasteiger partial charge on any atom is -0.459 e. The average molecular weight is 451 g/mol. The van der Waals surface area contributed by atoms with Gasteiger partial charge in [-0.25, -0.2) is 4.79 Å². The summed E-state index contributed by atoms with van der Waals surface area (Å²) in [6, 6.07) is 18.1. The van der Waals surface area contributed by atoms with Crippen molar-refractivity contribution in [3.8, 4) is 0 Å². The topological polar surface area (TPSA) is 34.5 Å². The van der Waals surface area contributed by atoms with Crippen LogP contribution >= 0.6 is 0 Å². The second-order valence-electron chi connectivity index (χ2n) is 10.6. The number of nitrogens with zero attached hydrogens (tertiary/aromatic N) is 2. The molecular formula is C27H38N2O2Si. The summed E-state index contributed by atoms with van der Waals surface area (Å²) in [5, 5.41) is 1.41. The second-order valence-corrected chi connectivity index (χ2v) is 15.7. The van der Waals surface area contributed by atoms with Crippen LogP contribution in [0.5, 0.6) is 0 Å². The van der Waals surface area contributed by atoms with Crippen molar-refractivity contribution in [3.63, 3.8) is 0 Å². The molecule has 2 aromatic carbocycles. The Hall–Kier alpha value is -2.53. The first kappa shape index (κ1) is 24.1. The van der Waals surface area contributed by atoms with E-state index >= 15 is 0 Å². The van der Waals surface area contributed by atoms with E-state index in [4.69, 9.17) is 4.74 Å². The molecule has 5 heteroatoms. The van der Waals surface area contributed by atoms with Gasteiger partial charge in [0.15, 0.2) is 8.24 Å². The molecule has 0 radical (unpaired) electrons. The van der Waals surface area contributed by atoms with E-state index in [2.05, 4.69) is 87.3 Å². The van der Waals surface area contributed by atoms with Crippen LogP contribution in [-0.4, -0.2) is 31.5 Å². The number of hydrogen-bond acceptors (Lipinski definition) is 3. The lowest BCUT2D eigenvalue weighted by molar-refractivity contribution is -0.147. The van der Waals surface area contributed by atoms with Crippen molar-refractivity contribution in [1.82, 2.24) is 4.23 Å². The fraction of sp³-hybridized carbons (Fsp3) is 0.444. The van der Waals surface area contributed by atoms with Crippen LogP contribution in [0.15, 0.2) is 60.8 Å². The van der Waals surface area contributed by atoms with Crippen LogP contribution in [0.25, 0.3) is 10.9 Å². The Morgan fingerprint density at radius 1 is 1.03 bits per heavy atom. The number of esters is 1. The lowest BCUT2D eigenvalue weighted by Gasteiger charge is -2.38. The van der Waals surface area contributed by atoms with Crippen molar-refractivity contribution in [2.24, 2.45) is 5.92 Å². The van der Waals surface area contributed by atoms with Gasteiger partial charge in [-0.2, -0.15) is 0 Å². The van der Waals surface area contributed by atoms with Crippen molar-refractivity contribution >= 4 is 30.8 Å². The highest BCUT2D eigenvalue weighted by Crippen LogP contribution is 2.40. The standard InChI is InChI=1S/C27H38N2O2Si/c1-20(2)25(26(30)31-19-21-13-10-9-11-14-21)28(6)23-15-12-16-24-22(23)17-18-29(24)32(7,8)27(3,4)5/h9-18,20,25H,19H2,1-8H3/t25-/m0/s1. The third-order valence-electron chi connectivity index (χ3n) is 7.04. The van der Waals surface area contributed by atoms with Gasteiger partial charge in [0, 0.05) is 23.6 Å². The van der Waals surface area contributed by atoms with Crippen molar-refractivity contribution in [2.45, 2.75) is 65.4 Å². The summed E-state index contributed by atoms with van der Waals surface area (Å²) in [6.45, 7) is 16.3. The first-order chi connectivity index (χ1) is 14.9. The summed E-state index contributed by atoms with van der Waals surface area (Å²) in [5.74, 6) is -0.0757. The first-order valence-corrected chi connectivity index (χ1v) is 14.4. The minimum atomic E-state index is -1.77. The molecule has 0 aliphatic carbocycles. The Balaban J connectivity index is 1.93. The zero-order valence-electron chi connectivity index (χ0n) is 20.8. The Morgan fingerprint density at radius 3 is 2.28 bits per heavy atom. The molecule has 0 fully saturated rings. The van der Waals surface area contributed by atoms with Crippen LogP contribution in [0.2, 0.25) is 18.1 Å². The largest absolute Gasteiger partial charge is 0.459 e. The van der Waals surface area contributed by atoms with E-state index in [1.54, 1.807) is 0 Å².